The van der Waals surface area contributed by atoms with Crippen LogP contribution >= 0.6 is 22.9 Å². The minimum Gasteiger partial charge on any atom is -0.149 e. The van der Waals surface area contributed by atoms with Gasteiger partial charge in [-0.15, -0.1) is 22.9 Å². The minimum atomic E-state index is 0.708. The first-order valence-electron chi connectivity index (χ1n) is 3.61. The van der Waals surface area contributed by atoms with Crippen LogP contribution in [0.3, 0.4) is 0 Å². The smallest absolute Gasteiger partial charge is 0.0258 e. The van der Waals surface area contributed by atoms with Gasteiger partial charge in [0.05, 0.1) is 0 Å². The van der Waals surface area contributed by atoms with Gasteiger partial charge in [-0.3, -0.25) is 0 Å². The summed E-state index contributed by atoms with van der Waals surface area (Å²) in [5.41, 5.74) is 1.32. The summed E-state index contributed by atoms with van der Waals surface area (Å²) in [6.07, 6.45) is 5.20. The largest absolute Gasteiger partial charge is 0.149 e. The third kappa shape index (κ3) is 2.68. The van der Waals surface area contributed by atoms with E-state index in [0.717, 1.165) is 6.42 Å². The van der Waals surface area contributed by atoms with Gasteiger partial charge >= 0.3 is 0 Å². The molecule has 1 heterocycles. The Morgan fingerprint density at radius 2 is 2.45 bits per heavy atom. The molecule has 0 bridgehead atoms. The molecular formula is C9H11ClS. The van der Waals surface area contributed by atoms with E-state index in [1.807, 2.05) is 0 Å². The fourth-order valence-corrected chi connectivity index (χ4v) is 1.66. The number of allylic oxidation sites excluding steroid dienone is 1. The van der Waals surface area contributed by atoms with E-state index in [0.29, 0.717) is 5.88 Å². The van der Waals surface area contributed by atoms with E-state index in [4.69, 9.17) is 11.6 Å². The van der Waals surface area contributed by atoms with Crippen molar-refractivity contribution in [1.82, 2.24) is 0 Å². The fourth-order valence-electron chi connectivity index (χ4n) is 0.841. The molecule has 11 heavy (non-hydrogen) atoms. The lowest BCUT2D eigenvalue weighted by molar-refractivity contribution is 1.24. The van der Waals surface area contributed by atoms with Gasteiger partial charge in [0.15, 0.2) is 0 Å². The summed E-state index contributed by atoms with van der Waals surface area (Å²) in [5.74, 6) is 0.708. The molecule has 0 aliphatic rings. The monoisotopic (exact) mass is 186 g/mol. The number of aryl methyl sites for hydroxylation is 1. The van der Waals surface area contributed by atoms with Gasteiger partial charge in [0.25, 0.3) is 0 Å². The van der Waals surface area contributed by atoms with Crippen molar-refractivity contribution < 1.29 is 0 Å². The summed E-state index contributed by atoms with van der Waals surface area (Å²) in [4.78, 5) is 1.37. The maximum atomic E-state index is 5.53. The van der Waals surface area contributed by atoms with Crippen LogP contribution in [0, 0.1) is 6.92 Å². The third-order valence-electron chi connectivity index (χ3n) is 1.47. The highest BCUT2D eigenvalue weighted by Crippen LogP contribution is 2.16. The van der Waals surface area contributed by atoms with Crippen LogP contribution < -0.4 is 0 Å². The number of thiophene rings is 1. The number of alkyl halides is 1. The van der Waals surface area contributed by atoms with Crippen molar-refractivity contribution in [2.75, 3.05) is 5.88 Å². The summed E-state index contributed by atoms with van der Waals surface area (Å²) in [6, 6.07) is 2.13. The SMILES string of the molecule is Cc1sccc1C=CCCCl. The molecular weight excluding hydrogens is 176 g/mol. The Hall–Kier alpha value is -0.270. The molecule has 0 saturated heterocycles. The van der Waals surface area contributed by atoms with E-state index in [2.05, 4.69) is 30.5 Å². The second kappa shape index (κ2) is 4.58. The molecule has 0 amide bonds. The molecule has 2 heteroatoms. The van der Waals surface area contributed by atoms with E-state index >= 15 is 0 Å². The Morgan fingerprint density at radius 1 is 1.64 bits per heavy atom. The lowest BCUT2D eigenvalue weighted by atomic mass is 10.2. The zero-order valence-corrected chi connectivity index (χ0v) is 8.08. The Labute approximate surface area is 76.5 Å². The average Bonchev–Trinajstić information content (AvgIpc) is 2.37. The maximum Gasteiger partial charge on any atom is 0.0258 e. The molecule has 0 fully saturated rings. The number of hydrogen-bond acceptors (Lipinski definition) is 1. The Balaban J connectivity index is 2.56. The maximum absolute atomic E-state index is 5.53. The molecule has 0 atom stereocenters. The van der Waals surface area contributed by atoms with Gasteiger partial charge in [-0.1, -0.05) is 12.2 Å². The molecule has 0 unspecified atom stereocenters. The zero-order chi connectivity index (χ0) is 8.10. The quantitative estimate of drug-likeness (QED) is 0.632. The van der Waals surface area contributed by atoms with Crippen molar-refractivity contribution >= 4 is 29.0 Å². The molecule has 0 aliphatic carbocycles. The van der Waals surface area contributed by atoms with Crippen LogP contribution in [0.4, 0.5) is 0 Å². The molecule has 1 aromatic heterocycles. The minimum absolute atomic E-state index is 0.708. The van der Waals surface area contributed by atoms with Gasteiger partial charge in [-0.25, -0.2) is 0 Å². The highest BCUT2D eigenvalue weighted by molar-refractivity contribution is 7.10. The van der Waals surface area contributed by atoms with Crippen LogP contribution in [0.1, 0.15) is 16.9 Å². The van der Waals surface area contributed by atoms with E-state index in [-0.39, 0.29) is 0 Å². The predicted molar refractivity (Wildman–Crippen MR) is 53.4 cm³/mol. The van der Waals surface area contributed by atoms with Gasteiger partial charge < -0.3 is 0 Å². The van der Waals surface area contributed by atoms with E-state index in [1.54, 1.807) is 11.3 Å². The standard InChI is InChI=1S/C9H11ClS/c1-8-9(5-7-11-8)4-2-3-6-10/h2,4-5,7H,3,6H2,1H3. The van der Waals surface area contributed by atoms with Crippen LogP contribution in [0.25, 0.3) is 6.08 Å². The Bertz CT molecular complexity index is 237. The molecule has 0 aromatic carbocycles. The lowest BCUT2D eigenvalue weighted by Crippen LogP contribution is -1.69. The fraction of sp³-hybridized carbons (Fsp3) is 0.333. The van der Waals surface area contributed by atoms with Gasteiger partial charge in [-0.2, -0.15) is 0 Å². The van der Waals surface area contributed by atoms with Gasteiger partial charge in [0.1, 0.15) is 0 Å². The van der Waals surface area contributed by atoms with E-state index in [1.165, 1.54) is 10.4 Å². The van der Waals surface area contributed by atoms with Gasteiger partial charge in [0, 0.05) is 10.8 Å². The number of rotatable bonds is 3. The zero-order valence-electron chi connectivity index (χ0n) is 6.51. The van der Waals surface area contributed by atoms with Crippen molar-refractivity contribution in [3.63, 3.8) is 0 Å². The summed E-state index contributed by atoms with van der Waals surface area (Å²) in [6.45, 7) is 2.13. The first kappa shape index (κ1) is 8.82. The van der Waals surface area contributed by atoms with Crippen LogP contribution in [-0.4, -0.2) is 5.88 Å². The highest BCUT2D eigenvalue weighted by Gasteiger charge is 1.92. The number of halogens is 1. The summed E-state index contributed by atoms with van der Waals surface area (Å²) in [5, 5.41) is 2.11. The van der Waals surface area contributed by atoms with Crippen LogP contribution in [0.2, 0.25) is 0 Å². The molecule has 0 nitrogen and oxygen atoms in total. The molecule has 0 radical (unpaired) electrons. The molecule has 1 rings (SSSR count). The Kier molecular flexibility index (Phi) is 3.67. The van der Waals surface area contributed by atoms with Crippen LogP contribution in [0.15, 0.2) is 17.5 Å². The molecule has 0 N–H and O–H groups in total. The molecule has 0 saturated carbocycles. The summed E-state index contributed by atoms with van der Waals surface area (Å²) < 4.78 is 0. The highest BCUT2D eigenvalue weighted by atomic mass is 35.5. The van der Waals surface area contributed by atoms with Gasteiger partial charge in [0.2, 0.25) is 0 Å². The molecule has 60 valence electrons. The Morgan fingerprint density at radius 3 is 3.00 bits per heavy atom. The van der Waals surface area contributed by atoms with Crippen LogP contribution in [-0.2, 0) is 0 Å². The second-order valence-electron chi connectivity index (χ2n) is 2.31. The number of hydrogen-bond donors (Lipinski definition) is 0. The molecule has 1 aromatic rings. The molecule has 0 spiro atoms. The van der Waals surface area contributed by atoms with Crippen LogP contribution in [0.5, 0.6) is 0 Å². The average molecular weight is 187 g/mol. The first-order chi connectivity index (χ1) is 5.34. The lowest BCUT2D eigenvalue weighted by Gasteiger charge is -1.87. The summed E-state index contributed by atoms with van der Waals surface area (Å²) in [7, 11) is 0. The first-order valence-corrected chi connectivity index (χ1v) is 5.02. The molecule has 0 aliphatic heterocycles. The van der Waals surface area contributed by atoms with Crippen molar-refractivity contribution in [3.05, 3.63) is 28.0 Å². The summed E-state index contributed by atoms with van der Waals surface area (Å²) >= 11 is 7.31. The van der Waals surface area contributed by atoms with Crippen molar-refractivity contribution in [1.29, 1.82) is 0 Å². The van der Waals surface area contributed by atoms with Crippen molar-refractivity contribution in [2.45, 2.75) is 13.3 Å². The van der Waals surface area contributed by atoms with E-state index in [9.17, 15) is 0 Å². The normalized spacial score (nSPS) is 11.1. The van der Waals surface area contributed by atoms with Gasteiger partial charge in [-0.05, 0) is 30.4 Å². The second-order valence-corrected chi connectivity index (χ2v) is 3.81. The van der Waals surface area contributed by atoms with Crippen molar-refractivity contribution in [3.8, 4) is 0 Å². The predicted octanol–water partition coefficient (Wildman–Crippen LogP) is 3.70. The van der Waals surface area contributed by atoms with E-state index < -0.39 is 0 Å². The van der Waals surface area contributed by atoms with Crippen molar-refractivity contribution in [2.24, 2.45) is 0 Å². The third-order valence-corrected chi connectivity index (χ3v) is 2.55. The topological polar surface area (TPSA) is 0 Å².